The van der Waals surface area contributed by atoms with Crippen LogP contribution in [0.15, 0.2) is 35.3 Å². The molecule has 3 aromatic rings. The molecule has 0 unspecified atom stereocenters. The molecule has 1 aliphatic rings. The highest BCUT2D eigenvalue weighted by Crippen LogP contribution is 2.32. The van der Waals surface area contributed by atoms with E-state index in [2.05, 4.69) is 15.0 Å². The van der Waals surface area contributed by atoms with Crippen LogP contribution in [0.5, 0.6) is 11.5 Å². The van der Waals surface area contributed by atoms with E-state index in [0.29, 0.717) is 54.8 Å². The highest BCUT2D eigenvalue weighted by molar-refractivity contribution is 5.81. The molecule has 3 heterocycles. The van der Waals surface area contributed by atoms with Gasteiger partial charge in [0.25, 0.3) is 5.56 Å². The van der Waals surface area contributed by atoms with Crippen LogP contribution >= 0.6 is 0 Å². The molecule has 0 spiro atoms. The maximum Gasteiger partial charge on any atom is 0.261 e. The van der Waals surface area contributed by atoms with E-state index in [1.165, 1.54) is 0 Å². The van der Waals surface area contributed by atoms with Gasteiger partial charge in [0.15, 0.2) is 17.1 Å². The van der Waals surface area contributed by atoms with E-state index in [0.717, 1.165) is 11.1 Å². The molecule has 1 fully saturated rings. The molecule has 27 heavy (non-hydrogen) atoms. The molecule has 0 aliphatic carbocycles. The van der Waals surface area contributed by atoms with Crippen LogP contribution in [0.4, 0.5) is 5.95 Å². The molecule has 0 atom stereocenters. The van der Waals surface area contributed by atoms with Crippen molar-refractivity contribution in [1.29, 1.82) is 0 Å². The van der Waals surface area contributed by atoms with Gasteiger partial charge in [0.1, 0.15) is 0 Å². The van der Waals surface area contributed by atoms with E-state index in [9.17, 15) is 4.79 Å². The molecular formula is C19H20N4O4. The Morgan fingerprint density at radius 3 is 2.59 bits per heavy atom. The number of anilines is 1. The zero-order chi connectivity index (χ0) is 18.8. The van der Waals surface area contributed by atoms with E-state index in [-0.39, 0.29) is 5.56 Å². The van der Waals surface area contributed by atoms with Crippen molar-refractivity contribution in [3.8, 4) is 22.6 Å². The third kappa shape index (κ3) is 3.31. The van der Waals surface area contributed by atoms with E-state index >= 15 is 0 Å². The van der Waals surface area contributed by atoms with Crippen LogP contribution in [0, 0.1) is 0 Å². The minimum atomic E-state index is -0.212. The van der Waals surface area contributed by atoms with Gasteiger partial charge in [-0.1, -0.05) is 6.07 Å². The van der Waals surface area contributed by atoms with Gasteiger partial charge in [-0.15, -0.1) is 0 Å². The highest BCUT2D eigenvalue weighted by atomic mass is 16.5. The van der Waals surface area contributed by atoms with Crippen molar-refractivity contribution < 1.29 is 14.2 Å². The van der Waals surface area contributed by atoms with Gasteiger partial charge < -0.3 is 19.1 Å². The Kier molecular flexibility index (Phi) is 4.64. The molecular weight excluding hydrogens is 348 g/mol. The largest absolute Gasteiger partial charge is 0.493 e. The van der Waals surface area contributed by atoms with Gasteiger partial charge in [0, 0.05) is 24.8 Å². The zero-order valence-corrected chi connectivity index (χ0v) is 15.2. The van der Waals surface area contributed by atoms with E-state index < -0.39 is 0 Å². The molecule has 1 aromatic carbocycles. The Bertz CT molecular complexity index is 1030. The molecule has 8 nitrogen and oxygen atoms in total. The third-order valence-corrected chi connectivity index (χ3v) is 4.58. The number of nitrogens with one attached hydrogen (secondary N) is 1. The summed E-state index contributed by atoms with van der Waals surface area (Å²) in [5, 5.41) is 0.444. The topological polar surface area (TPSA) is 89.6 Å². The number of H-pyrrole nitrogens is 1. The summed E-state index contributed by atoms with van der Waals surface area (Å²) < 4.78 is 16.0. The number of methoxy groups -OCH3 is 2. The number of rotatable bonds is 4. The lowest BCUT2D eigenvalue weighted by Gasteiger charge is -2.27. The number of aromatic amines is 1. The molecule has 1 N–H and O–H groups in total. The van der Waals surface area contributed by atoms with E-state index in [1.807, 2.05) is 23.1 Å². The summed E-state index contributed by atoms with van der Waals surface area (Å²) >= 11 is 0. The highest BCUT2D eigenvalue weighted by Gasteiger charge is 2.16. The lowest BCUT2D eigenvalue weighted by molar-refractivity contribution is 0.122. The van der Waals surface area contributed by atoms with Crippen LogP contribution in [0.25, 0.3) is 22.2 Å². The monoisotopic (exact) mass is 368 g/mol. The number of hydrogen-bond acceptors (Lipinski definition) is 7. The fourth-order valence-corrected chi connectivity index (χ4v) is 3.11. The molecule has 0 amide bonds. The third-order valence-electron chi connectivity index (χ3n) is 4.58. The molecule has 1 aliphatic heterocycles. The lowest BCUT2D eigenvalue weighted by atomic mass is 10.1. The van der Waals surface area contributed by atoms with Gasteiger partial charge in [0.2, 0.25) is 5.95 Å². The van der Waals surface area contributed by atoms with Crippen molar-refractivity contribution in [3.05, 3.63) is 40.8 Å². The molecule has 0 saturated carbocycles. The summed E-state index contributed by atoms with van der Waals surface area (Å²) in [4.78, 5) is 26.4. The number of benzene rings is 1. The van der Waals surface area contributed by atoms with Crippen molar-refractivity contribution in [1.82, 2.24) is 15.0 Å². The number of nitrogens with zero attached hydrogens (tertiary/aromatic N) is 3. The van der Waals surface area contributed by atoms with Crippen molar-refractivity contribution in [2.45, 2.75) is 0 Å². The van der Waals surface area contributed by atoms with Crippen molar-refractivity contribution >= 4 is 17.0 Å². The quantitative estimate of drug-likeness (QED) is 0.751. The summed E-state index contributed by atoms with van der Waals surface area (Å²) in [7, 11) is 3.18. The van der Waals surface area contributed by atoms with Gasteiger partial charge in [-0.2, -0.15) is 4.98 Å². The summed E-state index contributed by atoms with van der Waals surface area (Å²) in [6.45, 7) is 2.62. The molecule has 0 radical (unpaired) electrons. The average molecular weight is 368 g/mol. The minimum Gasteiger partial charge on any atom is -0.493 e. The SMILES string of the molecule is COc1ccc(-c2cnc3nc(N4CCOCC4)[nH]c(=O)c3c2)cc1OC. The molecule has 1 saturated heterocycles. The van der Waals surface area contributed by atoms with Gasteiger partial charge in [-0.25, -0.2) is 4.98 Å². The van der Waals surface area contributed by atoms with Crippen LogP contribution in [0.2, 0.25) is 0 Å². The Morgan fingerprint density at radius 2 is 1.85 bits per heavy atom. The first-order valence-electron chi connectivity index (χ1n) is 8.65. The van der Waals surface area contributed by atoms with E-state index in [4.69, 9.17) is 14.2 Å². The fraction of sp³-hybridized carbons (Fsp3) is 0.316. The number of fused-ring (bicyclic) bond motifs is 1. The van der Waals surface area contributed by atoms with Gasteiger partial charge >= 0.3 is 0 Å². The van der Waals surface area contributed by atoms with Crippen LogP contribution in [0.1, 0.15) is 0 Å². The predicted octanol–water partition coefficient (Wildman–Crippen LogP) is 1.84. The maximum absolute atomic E-state index is 12.6. The van der Waals surface area contributed by atoms with Crippen LogP contribution < -0.4 is 19.9 Å². The first-order chi connectivity index (χ1) is 13.2. The molecule has 0 bridgehead atoms. The second-order valence-electron chi connectivity index (χ2n) is 6.15. The summed E-state index contributed by atoms with van der Waals surface area (Å²) in [6.07, 6.45) is 1.71. The smallest absolute Gasteiger partial charge is 0.261 e. The second-order valence-corrected chi connectivity index (χ2v) is 6.15. The normalized spacial score (nSPS) is 14.4. The first kappa shape index (κ1) is 17.3. The summed E-state index contributed by atoms with van der Waals surface area (Å²) in [5.41, 5.74) is 1.88. The molecule has 4 rings (SSSR count). The Hall–Kier alpha value is -3.13. The van der Waals surface area contributed by atoms with Crippen LogP contribution in [0.3, 0.4) is 0 Å². The average Bonchev–Trinajstić information content (AvgIpc) is 2.73. The van der Waals surface area contributed by atoms with Crippen molar-refractivity contribution in [2.75, 3.05) is 45.4 Å². The first-order valence-corrected chi connectivity index (χ1v) is 8.65. The number of hydrogen-bond donors (Lipinski definition) is 1. The Labute approximate surface area is 155 Å². The number of ether oxygens (including phenoxy) is 3. The minimum absolute atomic E-state index is 0.212. The lowest BCUT2D eigenvalue weighted by Crippen LogP contribution is -2.38. The van der Waals surface area contributed by atoms with Gasteiger partial charge in [0.05, 0.1) is 32.8 Å². The Morgan fingerprint density at radius 1 is 1.07 bits per heavy atom. The van der Waals surface area contributed by atoms with Gasteiger partial charge in [-0.3, -0.25) is 9.78 Å². The molecule has 2 aromatic heterocycles. The maximum atomic E-state index is 12.6. The van der Waals surface area contributed by atoms with Crippen LogP contribution in [-0.4, -0.2) is 55.5 Å². The van der Waals surface area contributed by atoms with E-state index in [1.54, 1.807) is 26.5 Å². The van der Waals surface area contributed by atoms with Crippen molar-refractivity contribution in [3.63, 3.8) is 0 Å². The zero-order valence-electron chi connectivity index (χ0n) is 15.2. The number of pyridine rings is 1. The van der Waals surface area contributed by atoms with Gasteiger partial charge in [-0.05, 0) is 23.8 Å². The molecule has 140 valence electrons. The van der Waals surface area contributed by atoms with Crippen molar-refractivity contribution in [2.24, 2.45) is 0 Å². The predicted molar refractivity (Wildman–Crippen MR) is 102 cm³/mol. The summed E-state index contributed by atoms with van der Waals surface area (Å²) in [5.74, 6) is 1.79. The number of morpholine rings is 1. The molecule has 8 heteroatoms. The summed E-state index contributed by atoms with van der Waals surface area (Å²) in [6, 6.07) is 7.36. The Balaban J connectivity index is 1.74. The standard InChI is InChI=1S/C19H20N4O4/c1-25-15-4-3-12(10-16(15)26-2)13-9-14-17(20-11-13)21-19(22-18(14)24)23-5-7-27-8-6-23/h3-4,9-11H,5-8H2,1-2H3,(H,20,21,22,24). The number of aromatic nitrogens is 3. The fourth-order valence-electron chi connectivity index (χ4n) is 3.11. The van der Waals surface area contributed by atoms with Crippen LogP contribution in [-0.2, 0) is 4.74 Å². The second kappa shape index (κ2) is 7.24.